The predicted octanol–water partition coefficient (Wildman–Crippen LogP) is 2.43. The van der Waals surface area contributed by atoms with Crippen molar-refractivity contribution in [1.82, 2.24) is 10.8 Å². The van der Waals surface area contributed by atoms with Gasteiger partial charge in [0.05, 0.1) is 25.7 Å². The van der Waals surface area contributed by atoms with Crippen LogP contribution in [0.25, 0.3) is 0 Å². The second-order valence-corrected chi connectivity index (χ2v) is 7.05. The van der Waals surface area contributed by atoms with E-state index in [1.165, 1.54) is 7.11 Å². The zero-order chi connectivity index (χ0) is 19.3. The average Bonchev–Trinajstić information content (AvgIpc) is 3.01. The molecule has 3 N–H and O–H groups in total. The van der Waals surface area contributed by atoms with Crippen molar-refractivity contribution in [2.75, 3.05) is 7.11 Å². The Bertz CT molecular complexity index is 666. The molecule has 1 fully saturated rings. The third kappa shape index (κ3) is 5.82. The molecule has 1 heterocycles. The number of nitrogens with one attached hydrogen (secondary N) is 3. The highest BCUT2D eigenvalue weighted by Gasteiger charge is 2.28. The molecule has 0 spiro atoms. The van der Waals surface area contributed by atoms with Crippen molar-refractivity contribution in [1.29, 1.82) is 5.41 Å². The van der Waals surface area contributed by atoms with Crippen LogP contribution in [-0.4, -0.2) is 36.7 Å². The summed E-state index contributed by atoms with van der Waals surface area (Å²) in [6.07, 6.45) is -0.0627. The van der Waals surface area contributed by atoms with Gasteiger partial charge in [-0.3, -0.25) is 20.4 Å². The summed E-state index contributed by atoms with van der Waals surface area (Å²) in [7, 11) is 1.35. The van der Waals surface area contributed by atoms with E-state index in [9.17, 15) is 9.59 Å². The van der Waals surface area contributed by atoms with Crippen LogP contribution in [0.15, 0.2) is 24.3 Å². The maximum Gasteiger partial charge on any atom is 0.413 e. The van der Waals surface area contributed by atoms with Crippen LogP contribution in [0.2, 0.25) is 0 Å². The number of amides is 1. The first kappa shape index (κ1) is 19.9. The van der Waals surface area contributed by atoms with Crippen molar-refractivity contribution >= 4 is 17.9 Å². The highest BCUT2D eigenvalue weighted by molar-refractivity contribution is 6.04. The van der Waals surface area contributed by atoms with E-state index in [0.717, 1.165) is 5.56 Å². The number of amidine groups is 1. The molecule has 2 unspecified atom stereocenters. The summed E-state index contributed by atoms with van der Waals surface area (Å²) in [5, 5.41) is 10.4. The van der Waals surface area contributed by atoms with Gasteiger partial charge in [-0.15, -0.1) is 0 Å². The van der Waals surface area contributed by atoms with E-state index in [4.69, 9.17) is 15.0 Å². The molecule has 8 nitrogen and oxygen atoms in total. The fourth-order valence-corrected chi connectivity index (χ4v) is 2.50. The van der Waals surface area contributed by atoms with Gasteiger partial charge in [-0.1, -0.05) is 24.3 Å². The van der Waals surface area contributed by atoms with Crippen LogP contribution in [-0.2, 0) is 19.1 Å². The molecule has 0 radical (unpaired) electrons. The molecule has 2 atom stereocenters. The van der Waals surface area contributed by atoms with Gasteiger partial charge in [0.2, 0.25) is 0 Å². The van der Waals surface area contributed by atoms with E-state index < -0.39 is 11.7 Å². The Morgan fingerprint density at radius 2 is 1.96 bits per heavy atom. The maximum atomic E-state index is 11.7. The van der Waals surface area contributed by atoms with Crippen LogP contribution in [0, 0.1) is 5.41 Å². The fraction of sp³-hybridized carbons (Fsp3) is 0.500. The Morgan fingerprint density at radius 3 is 2.54 bits per heavy atom. The Hall–Kier alpha value is -2.45. The molecule has 1 aliphatic rings. The zero-order valence-electron chi connectivity index (χ0n) is 15.4. The molecule has 0 saturated carbocycles. The van der Waals surface area contributed by atoms with Crippen molar-refractivity contribution in [3.05, 3.63) is 35.4 Å². The standard InChI is InChI=1S/C18H25N3O5/c1-18(2,3)25-17(23)20-16(19)12-7-5-11(6-8-12)14-9-13(26-21-14)10-15(22)24-4/h5-8,13-14,21H,9-10H2,1-4H3,(H2,19,20,23). The van der Waals surface area contributed by atoms with Crippen molar-refractivity contribution in [3.63, 3.8) is 0 Å². The van der Waals surface area contributed by atoms with E-state index >= 15 is 0 Å². The number of hydrogen-bond acceptors (Lipinski definition) is 7. The number of hydrogen-bond donors (Lipinski definition) is 3. The Labute approximate surface area is 152 Å². The normalized spacial score (nSPS) is 19.7. The minimum absolute atomic E-state index is 0.0370. The second kappa shape index (κ2) is 8.29. The summed E-state index contributed by atoms with van der Waals surface area (Å²) in [6.45, 7) is 5.28. The van der Waals surface area contributed by atoms with E-state index in [2.05, 4.69) is 15.5 Å². The Morgan fingerprint density at radius 1 is 1.31 bits per heavy atom. The van der Waals surface area contributed by atoms with Gasteiger partial charge in [-0.05, 0) is 32.8 Å². The molecule has 1 aromatic rings. The number of methoxy groups -OCH3 is 1. The summed E-state index contributed by atoms with van der Waals surface area (Å²) >= 11 is 0. The number of rotatable bonds is 4. The van der Waals surface area contributed by atoms with Gasteiger partial charge in [0.15, 0.2) is 0 Å². The monoisotopic (exact) mass is 363 g/mol. The van der Waals surface area contributed by atoms with Gasteiger partial charge in [0.1, 0.15) is 11.4 Å². The summed E-state index contributed by atoms with van der Waals surface area (Å²) in [6, 6.07) is 7.13. The Kier molecular flexibility index (Phi) is 6.33. The molecule has 1 saturated heterocycles. The number of esters is 1. The van der Waals surface area contributed by atoms with Crippen molar-refractivity contribution in [2.45, 2.75) is 51.4 Å². The van der Waals surface area contributed by atoms with E-state index in [1.54, 1.807) is 32.9 Å². The fourth-order valence-electron chi connectivity index (χ4n) is 2.50. The molecule has 0 bridgehead atoms. The van der Waals surface area contributed by atoms with Crippen molar-refractivity contribution in [3.8, 4) is 0 Å². The minimum Gasteiger partial charge on any atom is -0.469 e. The van der Waals surface area contributed by atoms with Gasteiger partial charge in [0.25, 0.3) is 0 Å². The largest absolute Gasteiger partial charge is 0.469 e. The quantitative estimate of drug-likeness (QED) is 0.431. The van der Waals surface area contributed by atoms with Gasteiger partial charge < -0.3 is 9.47 Å². The van der Waals surface area contributed by atoms with Crippen LogP contribution in [0.5, 0.6) is 0 Å². The summed E-state index contributed by atoms with van der Waals surface area (Å²) in [5.41, 5.74) is 3.81. The van der Waals surface area contributed by atoms with Crippen LogP contribution >= 0.6 is 0 Å². The number of ether oxygens (including phenoxy) is 2. The van der Waals surface area contributed by atoms with Crippen LogP contribution in [0.4, 0.5) is 4.79 Å². The topological polar surface area (TPSA) is 110 Å². The molecule has 142 valence electrons. The van der Waals surface area contributed by atoms with Gasteiger partial charge in [-0.25, -0.2) is 4.79 Å². The lowest BCUT2D eigenvalue weighted by molar-refractivity contribution is -0.143. The number of carbonyl (C=O) groups is 2. The maximum absolute atomic E-state index is 11.7. The molecule has 0 aromatic heterocycles. The molecule has 1 aliphatic heterocycles. The first-order valence-corrected chi connectivity index (χ1v) is 8.35. The summed E-state index contributed by atoms with van der Waals surface area (Å²) in [5.74, 6) is -0.348. The number of carbonyl (C=O) groups excluding carboxylic acids is 2. The lowest BCUT2D eigenvalue weighted by atomic mass is 10.00. The first-order chi connectivity index (χ1) is 12.2. The highest BCUT2D eigenvalue weighted by atomic mass is 16.7. The Balaban J connectivity index is 1.91. The smallest absolute Gasteiger partial charge is 0.413 e. The predicted molar refractivity (Wildman–Crippen MR) is 94.6 cm³/mol. The first-order valence-electron chi connectivity index (χ1n) is 8.35. The number of alkyl carbamates (subject to hydrolysis) is 1. The lowest BCUT2D eigenvalue weighted by Gasteiger charge is -2.20. The molecular weight excluding hydrogens is 338 g/mol. The lowest BCUT2D eigenvalue weighted by Crippen LogP contribution is -2.36. The zero-order valence-corrected chi connectivity index (χ0v) is 15.4. The average molecular weight is 363 g/mol. The molecule has 26 heavy (non-hydrogen) atoms. The molecule has 8 heteroatoms. The van der Waals surface area contributed by atoms with E-state index in [0.29, 0.717) is 12.0 Å². The number of benzene rings is 1. The summed E-state index contributed by atoms with van der Waals surface area (Å²) in [4.78, 5) is 28.4. The SMILES string of the molecule is COC(=O)CC1CC(c2ccc(C(=N)NC(=O)OC(C)(C)C)cc2)NO1. The molecule has 1 aromatic carbocycles. The third-order valence-electron chi connectivity index (χ3n) is 3.73. The van der Waals surface area contributed by atoms with Crippen LogP contribution in [0.1, 0.15) is 50.8 Å². The van der Waals surface area contributed by atoms with Gasteiger partial charge >= 0.3 is 12.1 Å². The van der Waals surface area contributed by atoms with E-state index in [1.807, 2.05) is 12.1 Å². The molecule has 1 amide bonds. The molecule has 0 aliphatic carbocycles. The minimum atomic E-state index is -0.664. The third-order valence-corrected chi connectivity index (χ3v) is 3.73. The van der Waals surface area contributed by atoms with E-state index in [-0.39, 0.29) is 30.4 Å². The van der Waals surface area contributed by atoms with Crippen molar-refractivity contribution < 1.29 is 23.9 Å². The highest BCUT2D eigenvalue weighted by Crippen LogP contribution is 2.27. The number of hydroxylamine groups is 1. The molecule has 2 rings (SSSR count). The molecular formula is C18H25N3O5. The summed E-state index contributed by atoms with van der Waals surface area (Å²) < 4.78 is 9.77. The second-order valence-electron chi connectivity index (χ2n) is 7.05. The van der Waals surface area contributed by atoms with Gasteiger partial charge in [-0.2, -0.15) is 5.48 Å². The van der Waals surface area contributed by atoms with Crippen LogP contribution in [0.3, 0.4) is 0 Å². The van der Waals surface area contributed by atoms with Crippen molar-refractivity contribution in [2.24, 2.45) is 0 Å². The van der Waals surface area contributed by atoms with Gasteiger partial charge in [0, 0.05) is 5.56 Å². The van der Waals surface area contributed by atoms with Crippen LogP contribution < -0.4 is 10.8 Å².